The van der Waals surface area contributed by atoms with Crippen LogP contribution in [0.1, 0.15) is 89.5 Å². The number of rotatable bonds is 56. The van der Waals surface area contributed by atoms with Gasteiger partial charge in [0.05, 0.1) is 52.3 Å². The SMILES string of the molecule is NC(Cc1ccc(O)cc1)C(=O)NCCCCCCO[N+](=O)[O-].NC(Cc1ccc(O)cc1)C(=O)OCCCCO[N+](=O)[O-].NC(Cc1ccc(O)cc1)C(=O)OCCCO[N+](=O)[O-].NC(Cc1ccc(O)cc1)C(=O)OCCNCCO[N+](=O)[O-].NC(Cc1ccc(O)cc1)C(=O)OCCOCCO[N+](=O)[O-].NC(Cc1ccc(O)cc1)C(=O)OCc1ccc(CO[N+](=O)[O-])cc1. The number of ether oxygens (including phenoxy) is 6. The molecule has 50 heteroatoms. The maximum absolute atomic E-state index is 11.9. The third-order valence-electron chi connectivity index (χ3n) is 17.1. The number of nitrogens with one attached hydrogen (secondary N) is 2. The van der Waals surface area contributed by atoms with Gasteiger partial charge in [-0.3, -0.25) is 28.8 Å². The number of amides is 1. The minimum atomic E-state index is -0.911. The number of hydrogen-bond donors (Lipinski definition) is 14. The molecule has 0 heterocycles. The molecule has 0 saturated heterocycles. The second-order valence-corrected chi connectivity index (χ2v) is 27.9. The van der Waals surface area contributed by atoms with Gasteiger partial charge in [-0.25, -0.2) is 0 Å². The summed E-state index contributed by atoms with van der Waals surface area (Å²) >= 11 is 0. The number of hydrogen-bond acceptors (Lipinski definition) is 43. The minimum Gasteiger partial charge on any atom is -0.508 e. The van der Waals surface area contributed by atoms with Crippen molar-refractivity contribution in [2.75, 3.05) is 92.3 Å². The summed E-state index contributed by atoms with van der Waals surface area (Å²) in [6, 6.07) is 40.5. The zero-order valence-corrected chi connectivity index (χ0v) is 72.2. The lowest BCUT2D eigenvalue weighted by atomic mass is 10.1. The smallest absolute Gasteiger partial charge is 0.323 e. The van der Waals surface area contributed by atoms with Crippen molar-refractivity contribution in [3.05, 3.63) is 275 Å². The first kappa shape index (κ1) is 114. The highest BCUT2D eigenvalue weighted by molar-refractivity contribution is 5.82. The Morgan fingerprint density at radius 1 is 0.256 bits per heavy atom. The molecule has 20 N–H and O–H groups in total. The Kier molecular flexibility index (Phi) is 58.5. The molecule has 133 heavy (non-hydrogen) atoms. The van der Waals surface area contributed by atoms with Gasteiger partial charge in [0, 0.05) is 26.1 Å². The van der Waals surface area contributed by atoms with E-state index in [1.54, 1.807) is 109 Å². The number of nitrogens with zero attached hydrogens (tertiary/aromatic N) is 6. The predicted octanol–water partition coefficient (Wildman–Crippen LogP) is 3.69. The van der Waals surface area contributed by atoms with Gasteiger partial charge in [-0.2, -0.15) is 0 Å². The largest absolute Gasteiger partial charge is 0.508 e. The highest BCUT2D eigenvalue weighted by Gasteiger charge is 2.22. The summed E-state index contributed by atoms with van der Waals surface area (Å²) in [5.74, 6) is -2.08. The van der Waals surface area contributed by atoms with Gasteiger partial charge in [-0.05, 0) is 182 Å². The number of phenols is 6. The normalized spacial score (nSPS) is 11.7. The Hall–Kier alpha value is -15.0. The fourth-order valence-electron chi connectivity index (χ4n) is 10.3. The lowest BCUT2D eigenvalue weighted by Crippen LogP contribution is -2.42. The molecular weight excluding hydrogens is 1770 g/mol. The minimum absolute atomic E-state index is 0.000571. The van der Waals surface area contributed by atoms with Crippen molar-refractivity contribution in [3.8, 4) is 34.5 Å². The summed E-state index contributed by atoms with van der Waals surface area (Å²) in [6.45, 7) is 1.16. The Balaban J connectivity index is 0.000000541. The van der Waals surface area contributed by atoms with E-state index < -0.39 is 96.6 Å². The van der Waals surface area contributed by atoms with Crippen LogP contribution in [0.15, 0.2) is 170 Å². The highest BCUT2D eigenvalue weighted by atomic mass is 17.0. The highest BCUT2D eigenvalue weighted by Crippen LogP contribution is 2.18. The van der Waals surface area contributed by atoms with Crippen LogP contribution in [0, 0.1) is 60.7 Å². The molecule has 0 fully saturated rings. The molecule has 0 aromatic heterocycles. The molecule has 0 aliphatic carbocycles. The Labute approximate surface area is 760 Å². The van der Waals surface area contributed by atoms with Crippen molar-refractivity contribution in [1.29, 1.82) is 0 Å². The van der Waals surface area contributed by atoms with E-state index in [1.165, 1.54) is 60.7 Å². The van der Waals surface area contributed by atoms with E-state index >= 15 is 0 Å². The summed E-state index contributed by atoms with van der Waals surface area (Å²) in [4.78, 5) is 155. The van der Waals surface area contributed by atoms with Crippen LogP contribution >= 0.6 is 0 Å². The van der Waals surface area contributed by atoms with Gasteiger partial charge in [0.15, 0.2) is 0 Å². The van der Waals surface area contributed by atoms with Gasteiger partial charge in [-0.1, -0.05) is 110 Å². The van der Waals surface area contributed by atoms with E-state index in [2.05, 4.69) is 39.7 Å². The summed E-state index contributed by atoms with van der Waals surface area (Å²) in [5, 5.41) is 115. The number of esters is 5. The first-order chi connectivity index (χ1) is 63.4. The van der Waals surface area contributed by atoms with Crippen molar-refractivity contribution in [3.63, 3.8) is 0 Å². The van der Waals surface area contributed by atoms with Crippen molar-refractivity contribution < 1.29 is 147 Å². The van der Waals surface area contributed by atoms with E-state index in [0.717, 1.165) is 58.2 Å². The lowest BCUT2D eigenvalue weighted by molar-refractivity contribution is -0.763. The molecule has 7 aromatic rings. The predicted molar refractivity (Wildman–Crippen MR) is 464 cm³/mol. The summed E-state index contributed by atoms with van der Waals surface area (Å²) in [7, 11) is 0. The third-order valence-corrected chi connectivity index (χ3v) is 17.1. The Morgan fingerprint density at radius 2 is 0.504 bits per heavy atom. The van der Waals surface area contributed by atoms with Crippen molar-refractivity contribution >= 4 is 35.8 Å². The molecule has 730 valence electrons. The molecule has 7 rings (SSSR count). The molecule has 0 bridgehead atoms. The van der Waals surface area contributed by atoms with E-state index in [1.807, 2.05) is 0 Å². The monoisotopic (exact) mass is 1880 g/mol. The number of aromatic hydroxyl groups is 6. The van der Waals surface area contributed by atoms with Gasteiger partial charge < -0.3 is 133 Å². The van der Waals surface area contributed by atoms with Crippen LogP contribution in [0.25, 0.3) is 0 Å². The average molecular weight is 1880 g/mol. The van der Waals surface area contributed by atoms with Crippen molar-refractivity contribution in [1.82, 2.24) is 10.6 Å². The topological polar surface area (TPSA) is 774 Å². The molecule has 6 atom stereocenters. The van der Waals surface area contributed by atoms with Gasteiger partial charge in [0.25, 0.3) is 30.5 Å². The van der Waals surface area contributed by atoms with E-state index in [0.29, 0.717) is 63.6 Å². The van der Waals surface area contributed by atoms with Crippen LogP contribution in [0.3, 0.4) is 0 Å². The summed E-state index contributed by atoms with van der Waals surface area (Å²) in [5.41, 5.74) is 40.8. The van der Waals surface area contributed by atoms with Crippen LogP contribution in [0.2, 0.25) is 0 Å². The molecule has 7 aromatic carbocycles. The van der Waals surface area contributed by atoms with E-state index in [9.17, 15) is 99.7 Å². The average Bonchev–Trinajstić information content (AvgIpc) is 0.915. The number of nitrogens with two attached hydrogens (primary N) is 6. The van der Waals surface area contributed by atoms with Crippen molar-refractivity contribution in [2.45, 2.75) is 133 Å². The fraction of sp³-hybridized carbons (Fsp3) is 0.422. The van der Waals surface area contributed by atoms with Crippen LogP contribution in [0.4, 0.5) is 0 Å². The maximum Gasteiger partial charge on any atom is 0.323 e. The Bertz CT molecular complexity index is 4450. The molecule has 1 amide bonds. The second kappa shape index (κ2) is 68.2. The number of carbonyl (C=O) groups is 6. The van der Waals surface area contributed by atoms with Gasteiger partial charge in [0.2, 0.25) is 5.91 Å². The molecule has 0 radical (unpaired) electrons. The van der Waals surface area contributed by atoms with Gasteiger partial charge in [0.1, 0.15) is 104 Å². The summed E-state index contributed by atoms with van der Waals surface area (Å²) < 4.78 is 29.9. The molecule has 0 spiro atoms. The fourth-order valence-corrected chi connectivity index (χ4v) is 10.3. The quantitative estimate of drug-likeness (QED) is 0.00849. The molecule has 6 unspecified atom stereocenters. The third kappa shape index (κ3) is 59.7. The number of unbranched alkanes of at least 4 members (excludes halogenated alkanes) is 4. The molecular formula is C83H112N14O36. The number of phenolic OH excluding ortho intramolecular Hbond substituents is 6. The number of carbonyl (C=O) groups excluding carboxylic acids is 6. The van der Waals surface area contributed by atoms with Gasteiger partial charge in [-0.15, -0.1) is 60.7 Å². The van der Waals surface area contributed by atoms with Crippen LogP contribution in [0.5, 0.6) is 34.5 Å². The van der Waals surface area contributed by atoms with E-state index in [-0.39, 0.29) is 152 Å². The van der Waals surface area contributed by atoms with Crippen LogP contribution in [-0.2, 0) is 138 Å². The molecule has 0 saturated carbocycles. The maximum atomic E-state index is 11.9. The van der Waals surface area contributed by atoms with Crippen molar-refractivity contribution in [2.24, 2.45) is 34.4 Å². The first-order valence-electron chi connectivity index (χ1n) is 40.7. The lowest BCUT2D eigenvalue weighted by Gasteiger charge is -2.12. The molecule has 0 aliphatic heterocycles. The Morgan fingerprint density at radius 3 is 0.857 bits per heavy atom. The standard InChI is InChI=1S/C17H18N2O6.C15H23N3O5.C13H19N3O6.C13H18N2O7.C13H18N2O6.C12H16N2O6/c18-16(9-12-5-7-15(20)8-6-12)17(21)24-10-13-1-3-14(4-2-13)11-25-19(22)23;16-14(11-12-5-7-13(19)8-6-12)15(20)17-9-3-1-2-4-10-23-18(21)22;14-12(9-10-1-3-11(17)4-2-10)13(18)21-7-5-15-6-8-22-16(19)20;14-12(9-10-1-3-11(16)4-2-10)13(17)21-7-5-20-6-8-22-15(18)19;14-12(9-10-3-5-11(16)6-4-10)13(17)20-7-1-2-8-21-15(18)19;13-11(8-9-2-4-10(15)5-3-9)12(16)19-6-1-7-20-14(17)18/h1-8,16,20H,9-11,18H2;5-8,14,19H,1-4,9-11,16H2,(H,17,20);1-4,12,15,17H,5-9,14H2;1-4,12,16H,5-9,14H2;3-6,12,16H,1-2,7-9,14H2;2-5,11,15H,1,6-8,13H2. The second-order valence-electron chi connectivity index (χ2n) is 27.9. The van der Waals surface area contributed by atoms with E-state index in [4.69, 9.17) is 83.2 Å². The van der Waals surface area contributed by atoms with Gasteiger partial charge >= 0.3 is 29.8 Å². The molecule has 50 nitrogen and oxygen atoms in total. The zero-order valence-electron chi connectivity index (χ0n) is 72.2. The summed E-state index contributed by atoms with van der Waals surface area (Å²) in [6.07, 6.45) is 6.07. The number of benzene rings is 7. The van der Waals surface area contributed by atoms with Crippen LogP contribution in [-0.4, -0.2) is 225 Å². The first-order valence-corrected chi connectivity index (χ1v) is 40.7. The van der Waals surface area contributed by atoms with Crippen LogP contribution < -0.4 is 45.0 Å². The zero-order chi connectivity index (χ0) is 98.7. The molecule has 0 aliphatic rings.